The molecule has 1 fully saturated rings. The molecule has 1 unspecified atom stereocenters. The van der Waals surface area contributed by atoms with E-state index in [1.54, 1.807) is 6.07 Å². The van der Waals surface area contributed by atoms with Gasteiger partial charge in [-0.15, -0.1) is 0 Å². The average Bonchev–Trinajstić information content (AvgIpc) is 2.94. The summed E-state index contributed by atoms with van der Waals surface area (Å²) in [6.45, 7) is 2.14. The number of carbonyl (C=O) groups is 2. The summed E-state index contributed by atoms with van der Waals surface area (Å²) in [5.74, 6) is -0.473. The van der Waals surface area contributed by atoms with Crippen LogP contribution < -0.4 is 62.2 Å². The van der Waals surface area contributed by atoms with E-state index in [0.29, 0.717) is 5.56 Å². The molecule has 6 nitrogen and oxygen atoms in total. The summed E-state index contributed by atoms with van der Waals surface area (Å²) in [6.07, 6.45) is 1.10. The van der Waals surface area contributed by atoms with Gasteiger partial charge in [-0.1, -0.05) is 25.4 Å². The van der Waals surface area contributed by atoms with Crippen LogP contribution in [0.5, 0.6) is 0 Å². The van der Waals surface area contributed by atoms with Crippen molar-refractivity contribution in [3.63, 3.8) is 0 Å². The molecule has 1 heterocycles. The normalized spacial score (nSPS) is 15.9. The number of sulfonamides is 1. The van der Waals surface area contributed by atoms with E-state index in [1.165, 1.54) is 23.7 Å². The van der Waals surface area contributed by atoms with Crippen molar-refractivity contribution in [2.24, 2.45) is 0 Å². The number of carbonyl (C=O) groups excluding carboxylic acids is 2. The Hall–Kier alpha value is -0.459. The Morgan fingerprint density at radius 1 is 1.22 bits per heavy atom. The van der Waals surface area contributed by atoms with Gasteiger partial charge >= 0.3 is 51.4 Å². The van der Waals surface area contributed by atoms with Crippen LogP contribution in [0.2, 0.25) is 6.32 Å². The number of hydrogen-bond donors (Lipinski definition) is 1. The predicted octanol–water partition coefficient (Wildman–Crippen LogP) is -0.290. The molecule has 3 rings (SSSR count). The summed E-state index contributed by atoms with van der Waals surface area (Å²) in [4.78, 5) is 22.2. The average molecular weight is 426 g/mol. The van der Waals surface area contributed by atoms with Crippen LogP contribution in [0.4, 0.5) is 4.79 Å². The molecule has 2 aromatic rings. The number of rotatable bonds is 4. The molecule has 0 spiro atoms. The number of benzene rings is 2. The monoisotopic (exact) mass is 426 g/mol. The summed E-state index contributed by atoms with van der Waals surface area (Å²) in [7, 11) is -1.87. The van der Waals surface area contributed by atoms with Gasteiger partial charge in [0, 0.05) is 4.90 Å². The van der Waals surface area contributed by atoms with Crippen molar-refractivity contribution in [3.05, 3.63) is 65.3 Å². The zero-order chi connectivity index (χ0) is 19.2. The van der Waals surface area contributed by atoms with Crippen LogP contribution >= 0.6 is 11.8 Å². The standard InChI is InChI=1S/C9H8N2O4S2.C8H9B.K/c10-17(14,15)6-3-1-2-5(4-6)7-8(12)11-9(13)16-7;1-2-9-8-6-4-3-5-7-8;/h1-4,7H,(H3,10,11,12,13,14,15);4-7H,2H2,1H3;/q;-1;+1/p-1. The molecule has 0 bridgehead atoms. The SMILES string of the molecule is CC[B]c1cc[c-]cc1.[K+].[NH-]S(=O)(=O)c1cccc(C2SC(=O)NC2=O)c1. The first-order valence-corrected chi connectivity index (χ1v) is 10.1. The van der Waals surface area contributed by atoms with Gasteiger partial charge in [0.2, 0.25) is 5.91 Å². The second kappa shape index (κ2) is 11.5. The number of imide groups is 1. The molecule has 10 heteroatoms. The van der Waals surface area contributed by atoms with Crippen LogP contribution in [0, 0.1) is 6.07 Å². The second-order valence-corrected chi connectivity index (χ2v) is 7.85. The third-order valence-electron chi connectivity index (χ3n) is 3.34. The van der Waals surface area contributed by atoms with Crippen molar-refractivity contribution >= 4 is 45.7 Å². The molecule has 0 aliphatic carbocycles. The summed E-state index contributed by atoms with van der Waals surface area (Å²) in [5, 5.41) is 7.84. The van der Waals surface area contributed by atoms with Crippen LogP contribution in [-0.2, 0) is 14.8 Å². The van der Waals surface area contributed by atoms with E-state index in [-0.39, 0.29) is 56.3 Å². The fourth-order valence-electron chi connectivity index (χ4n) is 2.19. The maximum Gasteiger partial charge on any atom is 1.00 e. The van der Waals surface area contributed by atoms with E-state index in [1.807, 2.05) is 12.1 Å². The molecular formula is C17H16BKN2O4S2-. The molecule has 0 saturated carbocycles. The molecule has 0 aromatic heterocycles. The van der Waals surface area contributed by atoms with Gasteiger partial charge in [0.25, 0.3) is 5.24 Å². The molecule has 2 N–H and O–H groups in total. The van der Waals surface area contributed by atoms with E-state index in [2.05, 4.69) is 37.7 Å². The maximum absolute atomic E-state index is 11.4. The number of nitrogens with one attached hydrogen (secondary N) is 2. The van der Waals surface area contributed by atoms with Crippen molar-refractivity contribution < 1.29 is 69.4 Å². The molecule has 1 saturated heterocycles. The van der Waals surface area contributed by atoms with Gasteiger partial charge in [-0.2, -0.15) is 35.8 Å². The molecule has 2 amide bonds. The van der Waals surface area contributed by atoms with E-state index in [4.69, 9.17) is 5.14 Å². The Morgan fingerprint density at radius 2 is 1.89 bits per heavy atom. The van der Waals surface area contributed by atoms with E-state index in [0.717, 1.165) is 18.1 Å². The van der Waals surface area contributed by atoms with Crippen LogP contribution in [0.1, 0.15) is 17.7 Å². The number of amides is 2. The maximum atomic E-state index is 11.4. The summed E-state index contributed by atoms with van der Waals surface area (Å²) in [5.41, 5.74) is 1.68. The minimum absolute atomic E-state index is 0. The van der Waals surface area contributed by atoms with Crippen molar-refractivity contribution in [2.75, 3.05) is 0 Å². The van der Waals surface area contributed by atoms with Crippen molar-refractivity contribution in [2.45, 2.75) is 23.4 Å². The first-order chi connectivity index (χ1) is 12.3. The zero-order valence-electron chi connectivity index (χ0n) is 14.9. The Kier molecular flexibility index (Phi) is 10.5. The quantitative estimate of drug-likeness (QED) is 0.535. The summed E-state index contributed by atoms with van der Waals surface area (Å²) in [6, 6.07) is 16.4. The van der Waals surface area contributed by atoms with Crippen LogP contribution in [0.3, 0.4) is 0 Å². The zero-order valence-corrected chi connectivity index (χ0v) is 19.7. The summed E-state index contributed by atoms with van der Waals surface area (Å²) >= 11 is 0.790. The molecule has 27 heavy (non-hydrogen) atoms. The molecule has 1 atom stereocenters. The van der Waals surface area contributed by atoms with Gasteiger partial charge in [-0.05, 0) is 29.5 Å². The molecule has 1 aliphatic heterocycles. The molecular weight excluding hydrogens is 410 g/mol. The van der Waals surface area contributed by atoms with E-state index >= 15 is 0 Å². The first-order valence-electron chi connectivity index (χ1n) is 7.71. The molecule has 135 valence electrons. The first kappa shape index (κ1) is 24.6. The fraction of sp³-hybridized carbons (Fsp3) is 0.176. The topological polar surface area (TPSA) is 104 Å². The predicted molar refractivity (Wildman–Crippen MR) is 103 cm³/mol. The van der Waals surface area contributed by atoms with E-state index < -0.39 is 26.4 Å². The second-order valence-electron chi connectivity index (χ2n) is 5.30. The molecule has 1 radical (unpaired) electrons. The largest absolute Gasteiger partial charge is 1.00 e. The number of thioether (sulfide) groups is 1. The van der Waals surface area contributed by atoms with Gasteiger partial charge in [0.05, 0.1) is 10.0 Å². The summed E-state index contributed by atoms with van der Waals surface area (Å²) < 4.78 is 22.1. The fourth-order valence-corrected chi connectivity index (χ4v) is 3.56. The van der Waals surface area contributed by atoms with Gasteiger partial charge in [0.15, 0.2) is 0 Å². The smallest absolute Gasteiger partial charge is 0.560 e. The third kappa shape index (κ3) is 7.82. The van der Waals surface area contributed by atoms with E-state index in [9.17, 15) is 18.0 Å². The Labute approximate surface area is 206 Å². The van der Waals surface area contributed by atoms with Crippen LogP contribution in [0.25, 0.3) is 5.14 Å². The van der Waals surface area contributed by atoms with Crippen LogP contribution in [0.15, 0.2) is 53.4 Å². The van der Waals surface area contributed by atoms with Gasteiger partial charge < -0.3 is 5.14 Å². The molecule has 2 aromatic carbocycles. The van der Waals surface area contributed by atoms with Gasteiger partial charge in [-0.25, -0.2) is 8.42 Å². The van der Waals surface area contributed by atoms with Crippen molar-refractivity contribution in [1.29, 1.82) is 0 Å². The van der Waals surface area contributed by atoms with Crippen molar-refractivity contribution in [1.82, 2.24) is 5.32 Å². The van der Waals surface area contributed by atoms with Gasteiger partial charge in [0.1, 0.15) is 12.5 Å². The Morgan fingerprint density at radius 3 is 2.41 bits per heavy atom. The van der Waals surface area contributed by atoms with Crippen LogP contribution in [-0.4, -0.2) is 26.8 Å². The van der Waals surface area contributed by atoms with Gasteiger partial charge in [-0.3, -0.25) is 14.9 Å². The Bertz CT molecular complexity index is 895. The minimum atomic E-state index is -4.06. The third-order valence-corrected chi connectivity index (χ3v) is 5.26. The molecule has 1 aliphatic rings. The minimum Gasteiger partial charge on any atom is -0.560 e. The Balaban J connectivity index is 0.000000310. The number of hydrogen-bond acceptors (Lipinski definition) is 5. The van der Waals surface area contributed by atoms with Crippen molar-refractivity contribution in [3.8, 4) is 0 Å².